The average molecular weight is 353 g/mol. The summed E-state index contributed by atoms with van der Waals surface area (Å²) in [6.07, 6.45) is 0. The summed E-state index contributed by atoms with van der Waals surface area (Å²) in [6, 6.07) is 11.6. The molecule has 0 radical (unpaired) electrons. The quantitative estimate of drug-likeness (QED) is 0.855. The summed E-state index contributed by atoms with van der Waals surface area (Å²) < 4.78 is 5.37. The third-order valence-electron chi connectivity index (χ3n) is 2.77. The van der Waals surface area contributed by atoms with Crippen LogP contribution in [0.3, 0.4) is 0 Å². The molecule has 0 aliphatic carbocycles. The fraction of sp³-hybridized carbons (Fsp3) is 0.125. The van der Waals surface area contributed by atoms with E-state index in [0.717, 1.165) is 0 Å². The summed E-state index contributed by atoms with van der Waals surface area (Å²) in [6.45, 7) is 1.23. The van der Waals surface area contributed by atoms with Crippen LogP contribution in [0.4, 0.5) is 11.4 Å². The molecule has 0 aromatic heterocycles. The minimum absolute atomic E-state index is 0.158. The zero-order chi connectivity index (χ0) is 16.8. The topological polar surface area (TPSA) is 67.4 Å². The maximum Gasteiger partial charge on any atom is 0.262 e. The fourth-order valence-corrected chi connectivity index (χ4v) is 2.27. The van der Waals surface area contributed by atoms with Gasteiger partial charge in [-0.2, -0.15) is 0 Å². The van der Waals surface area contributed by atoms with Gasteiger partial charge in [0, 0.05) is 12.6 Å². The van der Waals surface area contributed by atoms with E-state index in [1.165, 1.54) is 6.92 Å². The molecular formula is C16H14Cl2N2O3. The number of carbonyl (C=O) groups excluding carboxylic acids is 2. The van der Waals surface area contributed by atoms with Gasteiger partial charge in [0.25, 0.3) is 5.91 Å². The highest BCUT2D eigenvalue weighted by Crippen LogP contribution is 2.29. The molecule has 0 saturated carbocycles. The van der Waals surface area contributed by atoms with Gasteiger partial charge in [-0.3, -0.25) is 9.59 Å². The third-order valence-corrected chi connectivity index (χ3v) is 3.40. The first-order valence-corrected chi connectivity index (χ1v) is 7.45. The van der Waals surface area contributed by atoms with Crippen molar-refractivity contribution in [1.29, 1.82) is 0 Å². The van der Waals surface area contributed by atoms with E-state index in [9.17, 15) is 9.59 Å². The lowest BCUT2D eigenvalue weighted by molar-refractivity contribution is -0.118. The van der Waals surface area contributed by atoms with E-state index in [1.54, 1.807) is 42.5 Å². The molecule has 0 atom stereocenters. The molecule has 0 heterocycles. The van der Waals surface area contributed by atoms with Crippen molar-refractivity contribution < 1.29 is 14.3 Å². The maximum atomic E-state index is 11.9. The molecule has 0 aliphatic rings. The van der Waals surface area contributed by atoms with Gasteiger partial charge in [0.1, 0.15) is 5.75 Å². The zero-order valence-corrected chi connectivity index (χ0v) is 13.7. The first kappa shape index (κ1) is 17.1. The molecule has 5 nitrogen and oxygen atoms in total. The number of rotatable bonds is 5. The van der Waals surface area contributed by atoms with Crippen molar-refractivity contribution in [2.45, 2.75) is 6.92 Å². The van der Waals surface area contributed by atoms with E-state index in [1.807, 2.05) is 0 Å². The number of para-hydroxylation sites is 1. The average Bonchev–Trinajstić information content (AvgIpc) is 2.50. The largest absolute Gasteiger partial charge is 0.484 e. The predicted molar refractivity (Wildman–Crippen MR) is 91.3 cm³/mol. The van der Waals surface area contributed by atoms with Crippen LogP contribution >= 0.6 is 23.2 Å². The molecule has 2 aromatic carbocycles. The molecule has 120 valence electrons. The summed E-state index contributed by atoms with van der Waals surface area (Å²) >= 11 is 12.0. The van der Waals surface area contributed by atoms with E-state index in [4.69, 9.17) is 27.9 Å². The Balaban J connectivity index is 1.90. The fourth-order valence-electron chi connectivity index (χ4n) is 1.78. The molecule has 0 spiro atoms. The predicted octanol–water partition coefficient (Wildman–Crippen LogP) is 3.97. The van der Waals surface area contributed by atoms with Gasteiger partial charge in [0.15, 0.2) is 6.61 Å². The van der Waals surface area contributed by atoms with Crippen molar-refractivity contribution in [2.24, 2.45) is 0 Å². The Kier molecular flexibility index (Phi) is 5.84. The normalized spacial score (nSPS) is 10.0. The van der Waals surface area contributed by atoms with Crippen LogP contribution in [0.15, 0.2) is 42.5 Å². The Bertz CT molecular complexity index is 698. The minimum atomic E-state index is -0.383. The van der Waals surface area contributed by atoms with Gasteiger partial charge in [-0.15, -0.1) is 0 Å². The van der Waals surface area contributed by atoms with Gasteiger partial charge in [-0.05, 0) is 36.4 Å². The molecule has 23 heavy (non-hydrogen) atoms. The van der Waals surface area contributed by atoms with Crippen LogP contribution in [0.2, 0.25) is 10.0 Å². The molecule has 0 fully saturated rings. The molecule has 2 aromatic rings. The van der Waals surface area contributed by atoms with Crippen LogP contribution in [-0.4, -0.2) is 18.4 Å². The number of hydrogen-bond donors (Lipinski definition) is 2. The van der Waals surface area contributed by atoms with Gasteiger partial charge in [0.2, 0.25) is 5.91 Å². The lowest BCUT2D eigenvalue weighted by atomic mass is 10.3. The molecule has 2 N–H and O–H groups in total. The van der Waals surface area contributed by atoms with E-state index < -0.39 is 0 Å². The number of benzene rings is 2. The van der Waals surface area contributed by atoms with Gasteiger partial charge < -0.3 is 15.4 Å². The van der Waals surface area contributed by atoms with Gasteiger partial charge in [-0.1, -0.05) is 29.3 Å². The third kappa shape index (κ3) is 5.16. The maximum absolute atomic E-state index is 11.9. The Morgan fingerprint density at radius 3 is 2.17 bits per heavy atom. The lowest BCUT2D eigenvalue weighted by Crippen LogP contribution is -2.20. The lowest BCUT2D eigenvalue weighted by Gasteiger charge is -2.10. The van der Waals surface area contributed by atoms with E-state index in [0.29, 0.717) is 27.2 Å². The Labute approximate surface area is 143 Å². The number of ether oxygens (including phenoxy) is 1. The van der Waals surface area contributed by atoms with Crippen molar-refractivity contribution >= 4 is 46.4 Å². The van der Waals surface area contributed by atoms with E-state index in [2.05, 4.69) is 10.6 Å². The van der Waals surface area contributed by atoms with E-state index >= 15 is 0 Å². The standard InChI is InChI=1S/C16H14Cl2N2O3/c1-10(21)19-11-5-7-12(8-6-11)23-9-15(22)20-16-13(17)3-2-4-14(16)18/h2-8H,9H2,1H3,(H,19,21)(H,20,22). The molecular weight excluding hydrogens is 339 g/mol. The zero-order valence-electron chi connectivity index (χ0n) is 12.2. The number of hydrogen-bond acceptors (Lipinski definition) is 3. The molecule has 0 aliphatic heterocycles. The van der Waals surface area contributed by atoms with E-state index in [-0.39, 0.29) is 18.4 Å². The van der Waals surface area contributed by atoms with Crippen LogP contribution in [0, 0.1) is 0 Å². The first-order valence-electron chi connectivity index (χ1n) is 6.70. The van der Waals surface area contributed by atoms with Gasteiger partial charge in [0.05, 0.1) is 15.7 Å². The summed E-state index contributed by atoms with van der Waals surface area (Å²) in [5.74, 6) is -0.0416. The second-order valence-electron chi connectivity index (χ2n) is 4.64. The molecule has 2 amide bonds. The highest BCUT2D eigenvalue weighted by Gasteiger charge is 2.10. The van der Waals surface area contributed by atoms with Gasteiger partial charge in [-0.25, -0.2) is 0 Å². The summed E-state index contributed by atoms with van der Waals surface area (Å²) in [7, 11) is 0. The van der Waals surface area contributed by atoms with Crippen molar-refractivity contribution in [3.8, 4) is 5.75 Å². The van der Waals surface area contributed by atoms with Crippen LogP contribution < -0.4 is 15.4 Å². The van der Waals surface area contributed by atoms with Crippen LogP contribution in [0.25, 0.3) is 0 Å². The van der Waals surface area contributed by atoms with Crippen LogP contribution in [-0.2, 0) is 9.59 Å². The van der Waals surface area contributed by atoms with Crippen molar-refractivity contribution in [3.63, 3.8) is 0 Å². The number of nitrogens with one attached hydrogen (secondary N) is 2. The number of anilines is 2. The SMILES string of the molecule is CC(=O)Nc1ccc(OCC(=O)Nc2c(Cl)cccc2Cl)cc1. The highest BCUT2D eigenvalue weighted by atomic mass is 35.5. The van der Waals surface area contributed by atoms with Crippen molar-refractivity contribution in [1.82, 2.24) is 0 Å². The first-order chi connectivity index (χ1) is 11.0. The summed E-state index contributed by atoms with van der Waals surface area (Å²) in [4.78, 5) is 22.8. The molecule has 0 saturated heterocycles. The second-order valence-corrected chi connectivity index (χ2v) is 5.45. The number of carbonyl (C=O) groups is 2. The summed E-state index contributed by atoms with van der Waals surface area (Å²) in [5, 5.41) is 5.94. The van der Waals surface area contributed by atoms with Crippen molar-refractivity contribution in [2.75, 3.05) is 17.2 Å². The van der Waals surface area contributed by atoms with Crippen LogP contribution in [0.5, 0.6) is 5.75 Å². The molecule has 0 unspecified atom stereocenters. The summed E-state index contributed by atoms with van der Waals surface area (Å²) in [5.41, 5.74) is 1.00. The minimum Gasteiger partial charge on any atom is -0.484 e. The molecule has 0 bridgehead atoms. The Hall–Kier alpha value is -2.24. The van der Waals surface area contributed by atoms with Crippen molar-refractivity contribution in [3.05, 3.63) is 52.5 Å². The van der Waals surface area contributed by atoms with Crippen LogP contribution in [0.1, 0.15) is 6.92 Å². The Morgan fingerprint density at radius 1 is 1.00 bits per heavy atom. The Morgan fingerprint density at radius 2 is 1.61 bits per heavy atom. The van der Waals surface area contributed by atoms with Gasteiger partial charge >= 0.3 is 0 Å². The monoisotopic (exact) mass is 352 g/mol. The number of halogens is 2. The second kappa shape index (κ2) is 7.85. The molecule has 2 rings (SSSR count). The smallest absolute Gasteiger partial charge is 0.262 e. The molecule has 7 heteroatoms. The number of amides is 2. The highest BCUT2D eigenvalue weighted by molar-refractivity contribution is 6.39.